The number of rotatable bonds is 9. The van der Waals surface area contributed by atoms with E-state index < -0.39 is 18.5 Å². The first-order chi connectivity index (χ1) is 21.7. The Balaban J connectivity index is 1.34. The van der Waals surface area contributed by atoms with Gasteiger partial charge in [0.1, 0.15) is 29.9 Å². The average molecular weight is 625 g/mol. The van der Waals surface area contributed by atoms with Gasteiger partial charge in [0.15, 0.2) is 6.29 Å². The van der Waals surface area contributed by atoms with Crippen molar-refractivity contribution in [2.75, 3.05) is 6.61 Å². The van der Waals surface area contributed by atoms with Crippen LogP contribution in [0, 0.1) is 13.8 Å². The molecular weight excluding hydrogens is 580 g/mol. The number of benzene rings is 4. The molecule has 0 amide bonds. The van der Waals surface area contributed by atoms with Gasteiger partial charge in [0.25, 0.3) is 0 Å². The Morgan fingerprint density at radius 1 is 0.733 bits per heavy atom. The summed E-state index contributed by atoms with van der Waals surface area (Å²) in [6, 6.07) is 35.6. The van der Waals surface area contributed by atoms with Crippen LogP contribution in [0.15, 0.2) is 108 Å². The summed E-state index contributed by atoms with van der Waals surface area (Å²) in [7, 11) is 0. The van der Waals surface area contributed by atoms with E-state index in [1.165, 1.54) is 21.6 Å². The van der Waals surface area contributed by atoms with E-state index in [2.05, 4.69) is 89.2 Å². The molecule has 0 aromatic heterocycles. The molecule has 0 saturated carbocycles. The number of hydrogen-bond acceptors (Lipinski definition) is 6. The average Bonchev–Trinajstić information content (AvgIpc) is 3.05. The highest BCUT2D eigenvalue weighted by molar-refractivity contribution is 7.99. The van der Waals surface area contributed by atoms with Crippen LogP contribution in [-0.2, 0) is 42.3 Å². The first-order valence-corrected chi connectivity index (χ1v) is 16.7. The molecule has 2 saturated heterocycles. The minimum Gasteiger partial charge on any atom is -0.368 e. The van der Waals surface area contributed by atoms with E-state index in [1.807, 2.05) is 48.5 Å². The Labute approximate surface area is 272 Å². The molecule has 2 aliphatic rings. The second kappa shape index (κ2) is 14.2. The van der Waals surface area contributed by atoms with Crippen molar-refractivity contribution in [3.63, 3.8) is 0 Å². The maximum absolute atomic E-state index is 6.87. The van der Waals surface area contributed by atoms with E-state index in [4.69, 9.17) is 23.7 Å². The molecular formula is C39H44O5S. The summed E-state index contributed by atoms with van der Waals surface area (Å²) in [6.07, 6.45) is -2.00. The van der Waals surface area contributed by atoms with Crippen molar-refractivity contribution in [1.82, 2.24) is 0 Å². The van der Waals surface area contributed by atoms with Crippen molar-refractivity contribution >= 4 is 11.8 Å². The minimum atomic E-state index is -0.508. The van der Waals surface area contributed by atoms with Gasteiger partial charge in [-0.1, -0.05) is 135 Å². The highest BCUT2D eigenvalue weighted by Gasteiger charge is 2.51. The summed E-state index contributed by atoms with van der Waals surface area (Å²) in [6.45, 7) is 12.3. The molecule has 1 unspecified atom stereocenters. The second-order valence-electron chi connectivity index (χ2n) is 13.1. The fourth-order valence-electron chi connectivity index (χ4n) is 5.75. The third-order valence-electron chi connectivity index (χ3n) is 8.50. The quantitative estimate of drug-likeness (QED) is 0.186. The van der Waals surface area contributed by atoms with Gasteiger partial charge in [-0.2, -0.15) is 0 Å². The van der Waals surface area contributed by atoms with Gasteiger partial charge in [0.05, 0.1) is 19.8 Å². The topological polar surface area (TPSA) is 46.2 Å². The Kier molecular flexibility index (Phi) is 10.1. The summed E-state index contributed by atoms with van der Waals surface area (Å²) >= 11 is 1.71. The van der Waals surface area contributed by atoms with Gasteiger partial charge >= 0.3 is 0 Å². The predicted molar refractivity (Wildman–Crippen MR) is 179 cm³/mol. The number of aryl methyl sites for hydroxylation is 2. The van der Waals surface area contributed by atoms with E-state index in [9.17, 15) is 0 Å². The Bertz CT molecular complexity index is 1520. The maximum Gasteiger partial charge on any atom is 0.184 e. The van der Waals surface area contributed by atoms with Gasteiger partial charge in [-0.05, 0) is 47.6 Å². The fraction of sp³-hybridized carbons (Fsp3) is 0.385. The SMILES string of the molecule is Cc1ccc(CO[C@@H]2[C@H](OCc3ccccc3)[C@@H](Sc3cc(C(C)(C)C)ccc3C)O[C@@H]3COC(c4ccccc4)O[C@@H]23)cc1. The molecule has 2 aliphatic heterocycles. The Hall–Kier alpha value is -2.97. The van der Waals surface area contributed by atoms with Crippen LogP contribution in [0.3, 0.4) is 0 Å². The van der Waals surface area contributed by atoms with Gasteiger partial charge in [-0.15, -0.1) is 0 Å². The molecule has 0 spiro atoms. The lowest BCUT2D eigenvalue weighted by molar-refractivity contribution is -0.329. The van der Waals surface area contributed by atoms with Crippen LogP contribution in [0.4, 0.5) is 0 Å². The molecule has 0 N–H and O–H groups in total. The number of thioether (sulfide) groups is 1. The minimum absolute atomic E-state index is 0.0297. The molecule has 4 aromatic carbocycles. The molecule has 6 rings (SSSR count). The van der Waals surface area contributed by atoms with Gasteiger partial charge in [0, 0.05) is 10.5 Å². The van der Waals surface area contributed by atoms with Crippen molar-refractivity contribution in [1.29, 1.82) is 0 Å². The zero-order valence-corrected chi connectivity index (χ0v) is 27.7. The second-order valence-corrected chi connectivity index (χ2v) is 14.2. The zero-order valence-electron chi connectivity index (χ0n) is 26.8. The normalized spacial score (nSPS) is 25.1. The summed E-state index contributed by atoms with van der Waals surface area (Å²) < 4.78 is 33.5. The molecule has 6 heteroatoms. The van der Waals surface area contributed by atoms with Gasteiger partial charge in [0.2, 0.25) is 0 Å². The van der Waals surface area contributed by atoms with E-state index in [0.29, 0.717) is 19.8 Å². The van der Waals surface area contributed by atoms with E-state index in [-0.39, 0.29) is 23.1 Å². The van der Waals surface area contributed by atoms with E-state index in [1.54, 1.807) is 11.8 Å². The first-order valence-electron chi connectivity index (χ1n) is 15.8. The Morgan fingerprint density at radius 2 is 1.38 bits per heavy atom. The molecule has 2 heterocycles. The smallest absolute Gasteiger partial charge is 0.184 e. The van der Waals surface area contributed by atoms with Crippen molar-refractivity contribution < 1.29 is 23.7 Å². The number of ether oxygens (including phenoxy) is 5. The third-order valence-corrected chi connectivity index (χ3v) is 9.81. The highest BCUT2D eigenvalue weighted by atomic mass is 32.2. The molecule has 5 nitrogen and oxygen atoms in total. The molecule has 236 valence electrons. The van der Waals surface area contributed by atoms with Crippen LogP contribution in [0.2, 0.25) is 0 Å². The van der Waals surface area contributed by atoms with Gasteiger partial charge < -0.3 is 23.7 Å². The lowest BCUT2D eigenvalue weighted by Gasteiger charge is -2.49. The summed E-state index contributed by atoms with van der Waals surface area (Å²) in [4.78, 5) is 1.18. The summed E-state index contributed by atoms with van der Waals surface area (Å²) in [5, 5.41) is 0. The third kappa shape index (κ3) is 7.89. The van der Waals surface area contributed by atoms with Crippen LogP contribution < -0.4 is 0 Å². The van der Waals surface area contributed by atoms with Gasteiger partial charge in [-0.25, -0.2) is 0 Å². The maximum atomic E-state index is 6.87. The number of fused-ring (bicyclic) bond motifs is 1. The van der Waals surface area contributed by atoms with Crippen LogP contribution in [0.25, 0.3) is 0 Å². The standard InChI is InChI=1S/C39H44O5S/c1-26-16-19-29(20-17-26)24-40-35-34-32(25-42-37(44-34)30-14-10-7-11-15-30)43-38(36(35)41-23-28-12-8-6-9-13-28)45-33-22-31(39(3,4)5)21-18-27(33)2/h6-22,32,34-38H,23-25H2,1-5H3/t32-,34-,35+,36+,37?,38-/m1/s1. The molecule has 0 aliphatic carbocycles. The molecule has 6 atom stereocenters. The van der Waals surface area contributed by atoms with Crippen LogP contribution in [0.1, 0.15) is 60.4 Å². The molecule has 2 fully saturated rings. The monoisotopic (exact) mass is 624 g/mol. The van der Waals surface area contributed by atoms with Crippen molar-refractivity contribution in [2.24, 2.45) is 0 Å². The lowest BCUT2D eigenvalue weighted by atomic mass is 9.87. The number of hydrogen-bond donors (Lipinski definition) is 0. The molecule has 0 radical (unpaired) electrons. The lowest BCUT2D eigenvalue weighted by Crippen LogP contribution is -2.62. The first kappa shape index (κ1) is 32.0. The van der Waals surface area contributed by atoms with Crippen molar-refractivity contribution in [3.8, 4) is 0 Å². The molecule has 0 bridgehead atoms. The largest absolute Gasteiger partial charge is 0.368 e. The zero-order chi connectivity index (χ0) is 31.4. The predicted octanol–water partition coefficient (Wildman–Crippen LogP) is 8.70. The molecule has 4 aromatic rings. The van der Waals surface area contributed by atoms with Crippen LogP contribution >= 0.6 is 11.8 Å². The highest BCUT2D eigenvalue weighted by Crippen LogP contribution is 2.43. The van der Waals surface area contributed by atoms with Gasteiger partial charge in [-0.3, -0.25) is 0 Å². The fourth-order valence-corrected chi connectivity index (χ4v) is 7.01. The van der Waals surface area contributed by atoms with Crippen molar-refractivity contribution in [2.45, 2.75) is 94.3 Å². The van der Waals surface area contributed by atoms with Crippen molar-refractivity contribution in [3.05, 3.63) is 137 Å². The van der Waals surface area contributed by atoms with E-state index in [0.717, 1.165) is 16.7 Å². The van der Waals surface area contributed by atoms with Crippen LogP contribution in [-0.4, -0.2) is 36.5 Å². The van der Waals surface area contributed by atoms with Crippen LogP contribution in [0.5, 0.6) is 0 Å². The van der Waals surface area contributed by atoms with E-state index >= 15 is 0 Å². The Morgan fingerprint density at radius 3 is 2.07 bits per heavy atom. The molecule has 45 heavy (non-hydrogen) atoms. The summed E-state index contributed by atoms with van der Waals surface area (Å²) in [5.74, 6) is 0. The summed E-state index contributed by atoms with van der Waals surface area (Å²) in [5.41, 5.74) is 6.58.